The minimum Gasteiger partial charge on any atom is -0.396 e. The Bertz CT molecular complexity index is 395. The average molecular weight is 315 g/mol. The summed E-state index contributed by atoms with van der Waals surface area (Å²) in [5, 5.41) is 12.7. The second kappa shape index (κ2) is 6.50. The maximum absolute atomic E-state index is 9.44. The normalized spacial score (nSPS) is 20.9. The Morgan fingerprint density at radius 3 is 3.06 bits per heavy atom. The van der Waals surface area contributed by atoms with Gasteiger partial charge in [-0.1, -0.05) is 0 Å². The van der Waals surface area contributed by atoms with Crippen molar-refractivity contribution >= 4 is 21.7 Å². The molecule has 1 fully saturated rings. The van der Waals surface area contributed by atoms with Crippen molar-refractivity contribution in [3.63, 3.8) is 0 Å². The lowest BCUT2D eigenvalue weighted by atomic mass is 9.92. The summed E-state index contributed by atoms with van der Waals surface area (Å²) >= 11 is 3.43. The van der Waals surface area contributed by atoms with Crippen LogP contribution in [0.1, 0.15) is 12.1 Å². The van der Waals surface area contributed by atoms with Crippen molar-refractivity contribution in [3.8, 4) is 0 Å². The summed E-state index contributed by atoms with van der Waals surface area (Å²) in [4.78, 5) is 4.43. The highest BCUT2D eigenvalue weighted by molar-refractivity contribution is 9.10. The van der Waals surface area contributed by atoms with Crippen LogP contribution in [-0.4, -0.2) is 36.5 Å². The number of pyridine rings is 1. The summed E-state index contributed by atoms with van der Waals surface area (Å²) in [5.41, 5.74) is 0.963. The average Bonchev–Trinajstić information content (AvgIpc) is 2.88. The predicted octanol–water partition coefficient (Wildman–Crippen LogP) is 2.21. The highest BCUT2D eigenvalue weighted by Gasteiger charge is 2.25. The monoisotopic (exact) mass is 314 g/mol. The van der Waals surface area contributed by atoms with Gasteiger partial charge in [-0.2, -0.15) is 0 Å². The van der Waals surface area contributed by atoms with Crippen LogP contribution in [0.25, 0.3) is 0 Å². The molecule has 0 radical (unpaired) electrons. The number of ether oxygens (including phenoxy) is 1. The number of aliphatic hydroxyl groups is 1. The maximum atomic E-state index is 9.44. The SMILES string of the molecule is Cc1nc(NCC(CO)C2CCOC2)ccc1Br. The fraction of sp³-hybridized carbons (Fsp3) is 0.615. The molecule has 2 unspecified atom stereocenters. The molecule has 2 rings (SSSR count). The molecule has 4 nitrogen and oxygen atoms in total. The van der Waals surface area contributed by atoms with Crippen molar-refractivity contribution < 1.29 is 9.84 Å². The van der Waals surface area contributed by atoms with E-state index in [1.165, 1.54) is 0 Å². The van der Waals surface area contributed by atoms with Gasteiger partial charge in [-0.3, -0.25) is 0 Å². The zero-order valence-corrected chi connectivity index (χ0v) is 12.1. The minimum atomic E-state index is 0.191. The number of nitrogens with one attached hydrogen (secondary N) is 1. The number of hydrogen-bond donors (Lipinski definition) is 2. The van der Waals surface area contributed by atoms with Gasteiger partial charge in [-0.25, -0.2) is 4.98 Å². The number of aromatic nitrogens is 1. The van der Waals surface area contributed by atoms with Gasteiger partial charge in [0.2, 0.25) is 0 Å². The van der Waals surface area contributed by atoms with Gasteiger partial charge in [0, 0.05) is 36.8 Å². The van der Waals surface area contributed by atoms with Gasteiger partial charge in [-0.05, 0) is 47.3 Å². The summed E-state index contributed by atoms with van der Waals surface area (Å²) in [6.07, 6.45) is 1.04. The number of halogens is 1. The van der Waals surface area contributed by atoms with Crippen LogP contribution in [0.4, 0.5) is 5.82 Å². The molecule has 1 aromatic rings. The molecule has 2 heterocycles. The Morgan fingerprint density at radius 1 is 1.61 bits per heavy atom. The van der Waals surface area contributed by atoms with Crippen LogP contribution < -0.4 is 5.32 Å². The van der Waals surface area contributed by atoms with Crippen molar-refractivity contribution in [1.82, 2.24) is 4.98 Å². The third kappa shape index (κ3) is 3.43. The molecule has 0 aliphatic carbocycles. The highest BCUT2D eigenvalue weighted by atomic mass is 79.9. The van der Waals surface area contributed by atoms with Gasteiger partial charge in [0.15, 0.2) is 0 Å². The first-order valence-corrected chi connectivity index (χ1v) is 7.05. The number of anilines is 1. The van der Waals surface area contributed by atoms with Crippen molar-refractivity contribution in [2.75, 3.05) is 31.7 Å². The topological polar surface area (TPSA) is 54.4 Å². The van der Waals surface area contributed by atoms with Crippen LogP contribution in [0.15, 0.2) is 16.6 Å². The molecule has 2 atom stereocenters. The molecule has 5 heteroatoms. The molecule has 18 heavy (non-hydrogen) atoms. The lowest BCUT2D eigenvalue weighted by Gasteiger charge is -2.20. The summed E-state index contributed by atoms with van der Waals surface area (Å²) in [6.45, 7) is 4.47. The maximum Gasteiger partial charge on any atom is 0.126 e. The van der Waals surface area contributed by atoms with Crippen molar-refractivity contribution in [2.24, 2.45) is 11.8 Å². The van der Waals surface area contributed by atoms with Crippen molar-refractivity contribution in [2.45, 2.75) is 13.3 Å². The van der Waals surface area contributed by atoms with E-state index in [-0.39, 0.29) is 12.5 Å². The molecule has 0 bridgehead atoms. The molecule has 100 valence electrons. The highest BCUT2D eigenvalue weighted by Crippen LogP contribution is 2.22. The molecule has 1 saturated heterocycles. The smallest absolute Gasteiger partial charge is 0.126 e. The van der Waals surface area contributed by atoms with Crippen molar-refractivity contribution in [3.05, 3.63) is 22.3 Å². The summed E-state index contributed by atoms with van der Waals surface area (Å²) in [7, 11) is 0. The first-order valence-electron chi connectivity index (χ1n) is 6.26. The second-order valence-electron chi connectivity index (χ2n) is 4.71. The van der Waals surface area contributed by atoms with E-state index in [1.807, 2.05) is 19.1 Å². The lowest BCUT2D eigenvalue weighted by molar-refractivity contribution is 0.145. The zero-order chi connectivity index (χ0) is 13.0. The van der Waals surface area contributed by atoms with E-state index in [2.05, 4.69) is 26.2 Å². The van der Waals surface area contributed by atoms with Crippen LogP contribution in [-0.2, 0) is 4.74 Å². The van der Waals surface area contributed by atoms with E-state index in [0.29, 0.717) is 5.92 Å². The second-order valence-corrected chi connectivity index (χ2v) is 5.57. The molecule has 0 aromatic carbocycles. The Balaban J connectivity index is 1.90. The summed E-state index contributed by atoms with van der Waals surface area (Å²) in [6, 6.07) is 3.92. The number of aliphatic hydroxyl groups excluding tert-OH is 1. The third-order valence-electron chi connectivity index (χ3n) is 3.43. The fourth-order valence-corrected chi connectivity index (χ4v) is 2.40. The van der Waals surface area contributed by atoms with Crippen molar-refractivity contribution in [1.29, 1.82) is 0 Å². The lowest BCUT2D eigenvalue weighted by Crippen LogP contribution is -2.26. The Hall–Kier alpha value is -0.650. The molecule has 1 aliphatic heterocycles. The van der Waals surface area contributed by atoms with Gasteiger partial charge < -0.3 is 15.2 Å². The minimum absolute atomic E-state index is 0.191. The Labute approximate surface area is 116 Å². The van der Waals surface area contributed by atoms with Gasteiger partial charge in [-0.15, -0.1) is 0 Å². The standard InChI is InChI=1S/C13H19BrN2O2/c1-9-12(14)2-3-13(16-9)15-6-11(7-17)10-4-5-18-8-10/h2-3,10-11,17H,4-8H2,1H3,(H,15,16). The number of hydrogen-bond acceptors (Lipinski definition) is 4. The van der Waals surface area contributed by atoms with E-state index in [1.54, 1.807) is 0 Å². The van der Waals surface area contributed by atoms with Crippen LogP contribution in [0.2, 0.25) is 0 Å². The largest absolute Gasteiger partial charge is 0.396 e. The third-order valence-corrected chi connectivity index (χ3v) is 4.27. The molecule has 2 N–H and O–H groups in total. The summed E-state index contributed by atoms with van der Waals surface area (Å²) in [5.74, 6) is 1.55. The van der Waals surface area contributed by atoms with E-state index in [0.717, 1.165) is 42.2 Å². The fourth-order valence-electron chi connectivity index (χ4n) is 2.18. The number of nitrogens with zero attached hydrogens (tertiary/aromatic N) is 1. The number of rotatable bonds is 5. The summed E-state index contributed by atoms with van der Waals surface area (Å²) < 4.78 is 6.38. The van der Waals surface area contributed by atoms with Crippen LogP contribution >= 0.6 is 15.9 Å². The molecule has 0 saturated carbocycles. The van der Waals surface area contributed by atoms with Crippen LogP contribution in [0, 0.1) is 18.8 Å². The Morgan fingerprint density at radius 2 is 2.44 bits per heavy atom. The quantitative estimate of drug-likeness (QED) is 0.875. The molecule has 0 amide bonds. The van der Waals surface area contributed by atoms with Gasteiger partial charge >= 0.3 is 0 Å². The van der Waals surface area contributed by atoms with Gasteiger partial charge in [0.05, 0.1) is 5.69 Å². The molecular weight excluding hydrogens is 296 g/mol. The van der Waals surface area contributed by atoms with E-state index >= 15 is 0 Å². The van der Waals surface area contributed by atoms with Crippen LogP contribution in [0.5, 0.6) is 0 Å². The molecule has 1 aliphatic rings. The molecule has 0 spiro atoms. The van der Waals surface area contributed by atoms with E-state index in [9.17, 15) is 5.11 Å². The van der Waals surface area contributed by atoms with Gasteiger partial charge in [0.25, 0.3) is 0 Å². The first kappa shape index (κ1) is 13.8. The Kier molecular flexibility index (Phi) is 4.97. The van der Waals surface area contributed by atoms with Gasteiger partial charge in [0.1, 0.15) is 5.82 Å². The molecular formula is C13H19BrN2O2. The predicted molar refractivity (Wildman–Crippen MR) is 74.7 cm³/mol. The van der Waals surface area contributed by atoms with E-state index in [4.69, 9.17) is 4.74 Å². The molecule has 1 aromatic heterocycles. The van der Waals surface area contributed by atoms with E-state index < -0.39 is 0 Å². The first-order chi connectivity index (χ1) is 8.70. The van der Waals surface area contributed by atoms with Crippen LogP contribution in [0.3, 0.4) is 0 Å². The zero-order valence-electron chi connectivity index (χ0n) is 10.5. The number of aryl methyl sites for hydroxylation is 1.